The number of dihydropyridines is 1. The lowest BCUT2D eigenvalue weighted by atomic mass is 9.68. The predicted molar refractivity (Wildman–Crippen MR) is 110 cm³/mol. The van der Waals surface area contributed by atoms with Crippen LogP contribution in [0.5, 0.6) is 0 Å². The normalized spacial score (nSPS) is 24.3. The van der Waals surface area contributed by atoms with Crippen molar-refractivity contribution in [1.29, 1.82) is 0 Å². The number of carbonyl (C=O) groups is 2. The number of rotatable bonds is 2. The molecule has 1 aromatic carbocycles. The van der Waals surface area contributed by atoms with E-state index in [0.29, 0.717) is 23.1 Å². The van der Waals surface area contributed by atoms with Crippen LogP contribution in [0.2, 0.25) is 0 Å². The van der Waals surface area contributed by atoms with E-state index >= 15 is 0 Å². The SMILES string of the molecule is CC1=C(C(=O)N2CCCCC2)C(c2cccc(F)c2)C2=C(CC(C)(C)CC2=O)N1. The molecule has 1 aliphatic carbocycles. The Hall–Kier alpha value is -2.43. The number of nitrogens with zero attached hydrogens (tertiary/aromatic N) is 1. The molecule has 0 spiro atoms. The average molecular weight is 397 g/mol. The van der Waals surface area contributed by atoms with Crippen LogP contribution in [-0.4, -0.2) is 29.7 Å². The van der Waals surface area contributed by atoms with Crippen molar-refractivity contribution in [2.24, 2.45) is 5.41 Å². The molecular weight excluding hydrogens is 367 g/mol. The predicted octanol–water partition coefficient (Wildman–Crippen LogP) is 4.44. The van der Waals surface area contributed by atoms with Gasteiger partial charge in [0, 0.05) is 48.0 Å². The number of hydrogen-bond acceptors (Lipinski definition) is 3. The first-order chi connectivity index (χ1) is 13.8. The quantitative estimate of drug-likeness (QED) is 0.804. The molecule has 3 aliphatic rings. The molecule has 0 radical (unpaired) electrons. The van der Waals surface area contributed by atoms with Crippen molar-refractivity contribution in [2.75, 3.05) is 13.1 Å². The average Bonchev–Trinajstić information content (AvgIpc) is 2.66. The number of hydrogen-bond donors (Lipinski definition) is 1. The zero-order valence-electron chi connectivity index (χ0n) is 17.5. The summed E-state index contributed by atoms with van der Waals surface area (Å²) in [4.78, 5) is 28.7. The number of piperidine rings is 1. The summed E-state index contributed by atoms with van der Waals surface area (Å²) in [5.74, 6) is -0.850. The number of amides is 1. The van der Waals surface area contributed by atoms with Gasteiger partial charge in [-0.1, -0.05) is 26.0 Å². The summed E-state index contributed by atoms with van der Waals surface area (Å²) in [7, 11) is 0. The van der Waals surface area contributed by atoms with Gasteiger partial charge in [0.2, 0.25) is 0 Å². The maximum atomic E-state index is 14.1. The molecule has 154 valence electrons. The molecule has 2 aliphatic heterocycles. The van der Waals surface area contributed by atoms with Crippen molar-refractivity contribution in [2.45, 2.75) is 58.8 Å². The summed E-state index contributed by atoms with van der Waals surface area (Å²) < 4.78 is 14.1. The molecule has 1 unspecified atom stereocenters. The summed E-state index contributed by atoms with van der Waals surface area (Å²) in [6.45, 7) is 7.54. The van der Waals surface area contributed by atoms with E-state index in [1.54, 1.807) is 6.07 Å². The first-order valence-electron chi connectivity index (χ1n) is 10.6. The molecule has 1 amide bonds. The van der Waals surface area contributed by atoms with Crippen LogP contribution in [0.25, 0.3) is 0 Å². The lowest BCUT2D eigenvalue weighted by Crippen LogP contribution is -2.43. The van der Waals surface area contributed by atoms with Crippen molar-refractivity contribution < 1.29 is 14.0 Å². The topological polar surface area (TPSA) is 49.4 Å². The molecule has 1 fully saturated rings. The highest BCUT2D eigenvalue weighted by Crippen LogP contribution is 2.47. The minimum atomic E-state index is -0.514. The smallest absolute Gasteiger partial charge is 0.252 e. The third-order valence-electron chi connectivity index (χ3n) is 6.30. The second kappa shape index (κ2) is 7.43. The minimum absolute atomic E-state index is 0.0341. The van der Waals surface area contributed by atoms with E-state index in [-0.39, 0.29) is 22.9 Å². The molecule has 1 saturated heterocycles. The monoisotopic (exact) mass is 396 g/mol. The van der Waals surface area contributed by atoms with Gasteiger partial charge < -0.3 is 10.2 Å². The van der Waals surface area contributed by atoms with Gasteiger partial charge in [-0.15, -0.1) is 0 Å². The standard InChI is InChI=1S/C24H29FN2O2/c1-15-20(23(29)27-10-5-4-6-11-27)21(16-8-7-9-17(25)12-16)22-18(26-15)13-24(2,3)14-19(22)28/h7-9,12,21,26H,4-6,10-11,13-14H2,1-3H3. The first-order valence-corrected chi connectivity index (χ1v) is 10.6. The molecule has 29 heavy (non-hydrogen) atoms. The van der Waals surface area contributed by atoms with Gasteiger partial charge in [0.1, 0.15) is 5.82 Å². The van der Waals surface area contributed by atoms with Crippen molar-refractivity contribution in [3.63, 3.8) is 0 Å². The van der Waals surface area contributed by atoms with Gasteiger partial charge in [-0.3, -0.25) is 9.59 Å². The Morgan fingerprint density at radius 1 is 1.17 bits per heavy atom. The Morgan fingerprint density at radius 2 is 1.90 bits per heavy atom. The number of Topliss-reactive ketones (excluding diaryl/α,β-unsaturated/α-hetero) is 1. The van der Waals surface area contributed by atoms with E-state index in [9.17, 15) is 14.0 Å². The Bertz CT molecular complexity index is 923. The van der Waals surface area contributed by atoms with Crippen LogP contribution >= 0.6 is 0 Å². The molecule has 0 saturated carbocycles. The molecule has 2 heterocycles. The minimum Gasteiger partial charge on any atom is -0.362 e. The Morgan fingerprint density at radius 3 is 2.59 bits per heavy atom. The van der Waals surface area contributed by atoms with Gasteiger partial charge in [-0.05, 0) is 55.7 Å². The van der Waals surface area contributed by atoms with E-state index in [2.05, 4.69) is 19.2 Å². The van der Waals surface area contributed by atoms with Crippen LogP contribution in [0.4, 0.5) is 4.39 Å². The second-order valence-corrected chi connectivity index (χ2v) is 9.34. The maximum absolute atomic E-state index is 14.1. The summed E-state index contributed by atoms with van der Waals surface area (Å²) in [6.07, 6.45) is 4.30. The van der Waals surface area contributed by atoms with Gasteiger partial charge in [0.15, 0.2) is 5.78 Å². The largest absolute Gasteiger partial charge is 0.362 e. The molecule has 1 aromatic rings. The molecule has 4 nitrogen and oxygen atoms in total. The van der Waals surface area contributed by atoms with Crippen LogP contribution in [0.15, 0.2) is 46.8 Å². The fourth-order valence-corrected chi connectivity index (χ4v) is 5.01. The van der Waals surface area contributed by atoms with Crippen LogP contribution in [0, 0.1) is 11.2 Å². The molecule has 1 atom stereocenters. The number of benzene rings is 1. The number of likely N-dealkylation sites (tertiary alicyclic amines) is 1. The van der Waals surface area contributed by atoms with E-state index in [0.717, 1.165) is 50.2 Å². The van der Waals surface area contributed by atoms with E-state index < -0.39 is 5.92 Å². The van der Waals surface area contributed by atoms with Crippen molar-refractivity contribution in [1.82, 2.24) is 10.2 Å². The number of nitrogens with one attached hydrogen (secondary N) is 1. The van der Waals surface area contributed by atoms with Crippen LogP contribution in [-0.2, 0) is 9.59 Å². The van der Waals surface area contributed by atoms with Crippen molar-refractivity contribution in [3.8, 4) is 0 Å². The molecule has 5 heteroatoms. The van der Waals surface area contributed by atoms with E-state index in [4.69, 9.17) is 0 Å². The number of ketones is 1. The maximum Gasteiger partial charge on any atom is 0.252 e. The highest BCUT2D eigenvalue weighted by atomic mass is 19.1. The first kappa shape index (κ1) is 19.9. The molecular formula is C24H29FN2O2. The lowest BCUT2D eigenvalue weighted by molar-refractivity contribution is -0.128. The number of allylic oxidation sites excluding steroid dienone is 3. The zero-order chi connectivity index (χ0) is 20.8. The van der Waals surface area contributed by atoms with Gasteiger partial charge in [-0.2, -0.15) is 0 Å². The Kier molecular flexibility index (Phi) is 5.09. The highest BCUT2D eigenvalue weighted by molar-refractivity contribution is 6.05. The molecule has 1 N–H and O–H groups in total. The molecule has 4 rings (SSSR count). The summed E-state index contributed by atoms with van der Waals surface area (Å²) in [5, 5.41) is 3.39. The highest BCUT2D eigenvalue weighted by Gasteiger charge is 2.43. The van der Waals surface area contributed by atoms with Gasteiger partial charge in [0.05, 0.1) is 0 Å². The fraction of sp³-hybridized carbons (Fsp3) is 0.500. The summed E-state index contributed by atoms with van der Waals surface area (Å²) in [5.41, 5.74) is 3.42. The van der Waals surface area contributed by atoms with Crippen molar-refractivity contribution >= 4 is 11.7 Å². The number of halogens is 1. The van der Waals surface area contributed by atoms with Crippen LogP contribution in [0.1, 0.15) is 64.4 Å². The third-order valence-corrected chi connectivity index (χ3v) is 6.30. The third kappa shape index (κ3) is 3.75. The second-order valence-electron chi connectivity index (χ2n) is 9.34. The van der Waals surface area contributed by atoms with Gasteiger partial charge in [-0.25, -0.2) is 4.39 Å². The van der Waals surface area contributed by atoms with Gasteiger partial charge >= 0.3 is 0 Å². The van der Waals surface area contributed by atoms with Gasteiger partial charge in [0.25, 0.3) is 5.91 Å². The Labute approximate surface area is 171 Å². The van der Waals surface area contributed by atoms with Crippen LogP contribution in [0.3, 0.4) is 0 Å². The lowest BCUT2D eigenvalue weighted by Gasteiger charge is -2.41. The van der Waals surface area contributed by atoms with E-state index in [1.807, 2.05) is 17.9 Å². The summed E-state index contributed by atoms with van der Waals surface area (Å²) in [6, 6.07) is 6.34. The van der Waals surface area contributed by atoms with E-state index in [1.165, 1.54) is 12.1 Å². The fourth-order valence-electron chi connectivity index (χ4n) is 5.01. The summed E-state index contributed by atoms with van der Waals surface area (Å²) >= 11 is 0. The molecule has 0 bridgehead atoms. The Balaban J connectivity index is 1.83. The van der Waals surface area contributed by atoms with Crippen LogP contribution < -0.4 is 5.32 Å². The molecule has 0 aromatic heterocycles. The number of carbonyl (C=O) groups excluding carboxylic acids is 2. The zero-order valence-corrected chi connectivity index (χ0v) is 17.5. The van der Waals surface area contributed by atoms with Crippen molar-refractivity contribution in [3.05, 3.63) is 58.2 Å².